The summed E-state index contributed by atoms with van der Waals surface area (Å²) in [7, 11) is 0. The van der Waals surface area contributed by atoms with E-state index < -0.39 is 11.2 Å². The van der Waals surface area contributed by atoms with E-state index in [-0.39, 0.29) is 59.1 Å². The van der Waals surface area contributed by atoms with E-state index in [1.54, 1.807) is 41.5 Å². The number of nitrogens with one attached hydrogen (secondary N) is 1. The normalized spacial score (nSPS) is 11.3. The Hall–Kier alpha value is -12.0. The minimum absolute atomic E-state index is 0. The van der Waals surface area contributed by atoms with Crippen molar-refractivity contribution in [3.63, 3.8) is 0 Å². The number of halogens is 3. The van der Waals surface area contributed by atoms with Crippen molar-refractivity contribution in [2.75, 3.05) is 20.9 Å². The number of hydrogen-bond acceptors (Lipinski definition) is 14. The molecule has 8 heterocycles. The zero-order valence-corrected chi connectivity index (χ0v) is 79.7. The predicted octanol–water partition coefficient (Wildman–Crippen LogP) is 24.3. The number of fused-ring (bicyclic) bond motifs is 12. The second kappa shape index (κ2) is 38.3. The van der Waals surface area contributed by atoms with Crippen LogP contribution in [0, 0.1) is 0 Å². The Morgan fingerprint density at radius 3 is 0.921 bits per heavy atom. The Labute approximate surface area is 802 Å². The van der Waals surface area contributed by atoms with Crippen molar-refractivity contribution in [1.29, 1.82) is 0 Å². The summed E-state index contributed by atoms with van der Waals surface area (Å²) < 4.78 is 27.4. The molecule has 0 atom stereocenters. The van der Waals surface area contributed by atoms with Gasteiger partial charge in [-0.25, -0.2) is 0 Å². The molecule has 3 N–H and O–H groups in total. The second-order valence-corrected chi connectivity index (χ2v) is 35.0. The number of benzene rings is 16. The molecule has 0 radical (unpaired) electrons. The van der Waals surface area contributed by atoms with Crippen LogP contribution < -0.4 is 90.2 Å². The number of nitrogen functional groups attached to an aromatic ring is 1. The van der Waals surface area contributed by atoms with Gasteiger partial charge in [-0.1, -0.05) is 235 Å². The van der Waals surface area contributed by atoms with Crippen LogP contribution in [0.15, 0.2) is 396 Å². The topological polar surface area (TPSA) is 195 Å². The fraction of sp³-hybridized carbons (Fsp3) is 0.0741. The first kappa shape index (κ1) is 88.4. The maximum atomic E-state index is 10.1. The third-order valence-corrected chi connectivity index (χ3v) is 22.1. The molecule has 612 valence electrons. The zero-order chi connectivity index (χ0) is 86.0. The van der Waals surface area contributed by atoms with Gasteiger partial charge in [-0.05, 0) is 176 Å². The third-order valence-electron chi connectivity index (χ3n) is 20.7. The van der Waals surface area contributed by atoms with Gasteiger partial charge in [0.15, 0.2) is 0 Å². The van der Waals surface area contributed by atoms with Crippen LogP contribution in [-0.4, -0.2) is 31.1 Å². The number of para-hydroxylation sites is 8. The minimum Gasteiger partial charge on any atom is -0.850 e. The molecule has 19 heteroatoms. The quantitative estimate of drug-likeness (QED) is 0.0828. The molecule has 0 spiro atoms. The maximum Gasteiger partial charge on any atom is 1.00 e. The minimum atomic E-state index is -0.750. The van der Waals surface area contributed by atoms with Gasteiger partial charge in [0.25, 0.3) is 0 Å². The smallest absolute Gasteiger partial charge is 0.850 e. The molecule has 127 heavy (non-hydrogen) atoms. The monoisotopic (exact) mass is 1870 g/mol. The fourth-order valence-electron chi connectivity index (χ4n) is 15.6. The van der Waals surface area contributed by atoms with Crippen molar-refractivity contribution in [3.05, 3.63) is 378 Å². The average molecular weight is 1870 g/mol. The molecule has 14 nitrogen and oxygen atoms in total. The Morgan fingerprint density at radius 1 is 0.268 bits per heavy atom. The van der Waals surface area contributed by atoms with Crippen molar-refractivity contribution < 1.29 is 87.0 Å². The molecule has 0 saturated carbocycles. The van der Waals surface area contributed by atoms with E-state index in [9.17, 15) is 10.2 Å². The summed E-state index contributed by atoms with van der Waals surface area (Å²) in [4.78, 5) is 23.8. The Morgan fingerprint density at radius 2 is 0.559 bits per heavy atom. The Kier molecular flexibility index (Phi) is 26.6. The van der Waals surface area contributed by atoms with Gasteiger partial charge >= 0.3 is 59.1 Å². The van der Waals surface area contributed by atoms with Gasteiger partial charge in [-0.3, -0.25) is 19.9 Å². The fourth-order valence-corrected chi connectivity index (χ4v) is 16.9. The van der Waals surface area contributed by atoms with Crippen LogP contribution in [0.3, 0.4) is 0 Å². The van der Waals surface area contributed by atoms with Crippen molar-refractivity contribution in [1.82, 2.24) is 19.9 Å². The number of aromatic nitrogens is 4. The number of nitrogens with two attached hydrogens (primary N) is 1. The molecule has 0 fully saturated rings. The van der Waals surface area contributed by atoms with Crippen molar-refractivity contribution in [2.24, 2.45) is 0 Å². The molecule has 0 amide bonds. The second-order valence-electron chi connectivity index (χ2n) is 32.2. The van der Waals surface area contributed by atoms with E-state index in [2.05, 4.69) is 249 Å². The van der Waals surface area contributed by atoms with Crippen LogP contribution in [0.25, 0.3) is 153 Å². The van der Waals surface area contributed by atoms with E-state index in [0.717, 1.165) is 196 Å². The number of anilines is 9. The molecule has 0 aliphatic heterocycles. The zero-order valence-electron chi connectivity index (χ0n) is 71.0. The molecule has 24 aromatic rings. The summed E-state index contributed by atoms with van der Waals surface area (Å²) in [6.45, 7) is 9.79. The van der Waals surface area contributed by atoms with Crippen LogP contribution in [0.1, 0.15) is 41.5 Å². The van der Waals surface area contributed by atoms with E-state index in [1.165, 1.54) is 21.5 Å². The summed E-state index contributed by atoms with van der Waals surface area (Å²) in [6.07, 6.45) is 7.78. The average Bonchev–Trinajstić information content (AvgIpc) is 1.32. The molecule has 0 aliphatic carbocycles. The Balaban J connectivity index is 0.000000135. The molecule has 16 aromatic carbocycles. The van der Waals surface area contributed by atoms with E-state index in [0.29, 0.717) is 0 Å². The molecular formula is C108H81Br3N8Na2O6. The molecule has 0 saturated heterocycles. The first-order valence-electron chi connectivity index (χ1n) is 40.8. The van der Waals surface area contributed by atoms with Gasteiger partial charge in [0.1, 0.15) is 44.7 Å². The van der Waals surface area contributed by atoms with Crippen molar-refractivity contribution in [2.45, 2.75) is 52.7 Å². The summed E-state index contributed by atoms with van der Waals surface area (Å²) in [5, 5.41) is 41.5. The van der Waals surface area contributed by atoms with Gasteiger partial charge in [0.05, 0.1) is 22.1 Å². The summed E-state index contributed by atoms with van der Waals surface area (Å²) >= 11 is 10.5. The molecule has 0 unspecified atom stereocenters. The molecular weight excluding hydrogens is 1790 g/mol. The van der Waals surface area contributed by atoms with Gasteiger partial charge < -0.3 is 48.7 Å². The van der Waals surface area contributed by atoms with Crippen LogP contribution in [0.5, 0.6) is 0 Å². The van der Waals surface area contributed by atoms with Crippen LogP contribution in [0.4, 0.5) is 51.2 Å². The Bertz CT molecular complexity index is 7520. The standard InChI is InChI=1S/C50H30N4O2.C18H13NO.C14H6Br2N2.C12H7BrO.C6H7N.2C4H9O.2Na/c1-3-11-33(12-4-1)53(35-19-21-41-39-15-7-9-17-45(39)55-47(41)27-35)37-23-31-29-52-44-26-38(24-32-30-51-43(25-37)49(31)50(32)44)54(34-13-5-2-6-14-34)36-20-22-42-40-16-8-10-18-46(40)56-48(42)28-36;1-2-6-13(7-3-1)19-14-10-11-16-15-8-4-5-9-17(15)20-18(16)12-14;15-9-1-7-5-17-12-4-10(16)2-8-6-18-11(3-9)13(7)14(8)12;13-8-5-6-10-9-3-1-2-4-11(9)14-12(10)7-8;7-6-4-2-1-3-5-6;2*1-4(2,3)5;;/h1-30H;1-12,19H;1-6H;1-7H;1-5H,7H2;2*1-3H3;;/q;;;;;2*-1;2*+1. The number of hydrogen-bond donors (Lipinski definition) is 2. The summed E-state index contributed by atoms with van der Waals surface area (Å²) in [5.41, 5.74) is 23.8. The maximum absolute atomic E-state index is 10.1. The van der Waals surface area contributed by atoms with E-state index >= 15 is 0 Å². The van der Waals surface area contributed by atoms with E-state index in [1.807, 2.05) is 189 Å². The number of furan rings is 4. The van der Waals surface area contributed by atoms with Gasteiger partial charge in [0.2, 0.25) is 0 Å². The van der Waals surface area contributed by atoms with Crippen LogP contribution in [-0.2, 0) is 0 Å². The summed E-state index contributed by atoms with van der Waals surface area (Å²) in [6, 6.07) is 115. The van der Waals surface area contributed by atoms with Gasteiger partial charge in [0, 0.05) is 194 Å². The van der Waals surface area contributed by atoms with Crippen molar-refractivity contribution in [3.8, 4) is 0 Å². The number of rotatable bonds is 8. The predicted molar refractivity (Wildman–Crippen MR) is 526 cm³/mol. The first-order chi connectivity index (χ1) is 60.6. The van der Waals surface area contributed by atoms with Crippen LogP contribution >= 0.6 is 47.8 Å². The van der Waals surface area contributed by atoms with Gasteiger partial charge in [-0.15, -0.1) is 11.2 Å². The molecule has 8 aromatic heterocycles. The van der Waals surface area contributed by atoms with Crippen molar-refractivity contribution >= 4 is 252 Å². The van der Waals surface area contributed by atoms with Crippen LogP contribution in [0.2, 0.25) is 0 Å². The van der Waals surface area contributed by atoms with E-state index in [4.69, 9.17) is 33.4 Å². The molecule has 0 aliphatic rings. The SMILES string of the molecule is Brc1cc2cnc3cc(Br)cc4cnc(c1)c2c43.Brc1ccc2c(c1)oc1ccccc12.CC(C)(C)[O-].CC(C)(C)[O-].Nc1ccccc1.[Na+].[Na+].c1ccc(N(c2cc3cnc4cc(N(c5ccccc5)c5ccc6c(c5)oc5ccccc56)cc5cnc(c2)c3c54)c2ccc3c(c2)oc2ccccc23)cc1.c1ccc(Nc2ccc3c(c2)oc2ccccc23)cc1. The van der Waals surface area contributed by atoms with Gasteiger partial charge in [-0.2, -0.15) is 0 Å². The molecule has 24 rings (SSSR count). The third kappa shape index (κ3) is 19.9. The molecule has 0 bridgehead atoms. The number of pyridine rings is 4. The first-order valence-corrected chi connectivity index (χ1v) is 43.2. The number of nitrogens with zero attached hydrogens (tertiary/aromatic N) is 6. The summed E-state index contributed by atoms with van der Waals surface area (Å²) in [5.74, 6) is 0. The largest absolute Gasteiger partial charge is 1.00 e.